The van der Waals surface area contributed by atoms with Crippen LogP contribution in [0, 0.1) is 0 Å². The van der Waals surface area contributed by atoms with Crippen molar-refractivity contribution < 1.29 is 14.3 Å². The van der Waals surface area contributed by atoms with Crippen molar-refractivity contribution >= 4 is 17.5 Å². The van der Waals surface area contributed by atoms with Crippen LogP contribution in [0.5, 0.6) is 5.75 Å². The quantitative estimate of drug-likeness (QED) is 0.801. The van der Waals surface area contributed by atoms with E-state index in [0.717, 1.165) is 42.6 Å². The number of carbonyl (C=O) groups excluding carboxylic acids is 2. The molecule has 4 heteroatoms. The van der Waals surface area contributed by atoms with Crippen molar-refractivity contribution in [3.05, 3.63) is 35.4 Å². The lowest BCUT2D eigenvalue weighted by atomic mass is 9.86. The molecule has 3 rings (SSSR count). The number of hydrogen-bond donors (Lipinski definition) is 0. The molecule has 1 aromatic carbocycles. The molecular weight excluding hydrogens is 266 g/mol. The number of nitrogens with zero attached hydrogens (tertiary/aromatic N) is 1. The molecule has 21 heavy (non-hydrogen) atoms. The Morgan fingerprint density at radius 1 is 1.10 bits per heavy atom. The topological polar surface area (TPSA) is 46.6 Å². The van der Waals surface area contributed by atoms with Gasteiger partial charge in [0.05, 0.1) is 12.3 Å². The van der Waals surface area contributed by atoms with Crippen molar-refractivity contribution in [2.45, 2.75) is 39.0 Å². The summed E-state index contributed by atoms with van der Waals surface area (Å²) in [4.78, 5) is 26.2. The van der Waals surface area contributed by atoms with Crippen LogP contribution in [0.25, 0.3) is 0 Å². The second-order valence-corrected chi connectivity index (χ2v) is 5.43. The molecule has 1 aliphatic carbocycles. The molecule has 2 aliphatic rings. The first-order chi connectivity index (χ1) is 10.2. The van der Waals surface area contributed by atoms with Crippen molar-refractivity contribution in [3.63, 3.8) is 0 Å². The smallest absolute Gasteiger partial charge is 0.260 e. The van der Waals surface area contributed by atoms with E-state index in [-0.39, 0.29) is 11.8 Å². The molecular formula is C17H19NO3. The third-order valence-electron chi connectivity index (χ3n) is 4.06. The lowest BCUT2D eigenvalue weighted by Gasteiger charge is -2.31. The summed E-state index contributed by atoms with van der Waals surface area (Å²) in [6.45, 7) is 2.51. The van der Waals surface area contributed by atoms with Crippen LogP contribution in [0.1, 0.15) is 39.0 Å². The van der Waals surface area contributed by atoms with E-state index in [4.69, 9.17) is 4.74 Å². The zero-order valence-electron chi connectivity index (χ0n) is 12.2. The van der Waals surface area contributed by atoms with Crippen LogP contribution in [-0.4, -0.2) is 18.4 Å². The number of imide groups is 1. The molecule has 0 N–H and O–H groups in total. The molecule has 0 spiro atoms. The van der Waals surface area contributed by atoms with E-state index >= 15 is 0 Å². The van der Waals surface area contributed by atoms with Crippen molar-refractivity contribution in [1.29, 1.82) is 0 Å². The first-order valence-electron chi connectivity index (χ1n) is 7.51. The van der Waals surface area contributed by atoms with Gasteiger partial charge in [0.15, 0.2) is 0 Å². The van der Waals surface area contributed by atoms with Gasteiger partial charge in [-0.1, -0.05) is 5.57 Å². The third kappa shape index (κ3) is 2.58. The molecule has 1 aromatic rings. The van der Waals surface area contributed by atoms with Crippen LogP contribution < -0.4 is 9.64 Å². The predicted molar refractivity (Wildman–Crippen MR) is 80.2 cm³/mol. The highest BCUT2D eigenvalue weighted by Crippen LogP contribution is 2.34. The summed E-state index contributed by atoms with van der Waals surface area (Å²) in [5.74, 6) is 0.491. The zero-order chi connectivity index (χ0) is 14.8. The van der Waals surface area contributed by atoms with Gasteiger partial charge in [-0.15, -0.1) is 0 Å². The van der Waals surface area contributed by atoms with E-state index in [9.17, 15) is 9.59 Å². The molecule has 0 radical (unpaired) electrons. The van der Waals surface area contributed by atoms with Crippen molar-refractivity contribution in [2.24, 2.45) is 0 Å². The molecule has 4 nitrogen and oxygen atoms in total. The van der Waals surface area contributed by atoms with E-state index in [0.29, 0.717) is 18.7 Å². The summed E-state index contributed by atoms with van der Waals surface area (Å²) in [7, 11) is 0. The summed E-state index contributed by atoms with van der Waals surface area (Å²) in [6.07, 6.45) is 4.20. The molecule has 110 valence electrons. The highest BCUT2D eigenvalue weighted by atomic mass is 16.5. The van der Waals surface area contributed by atoms with Gasteiger partial charge in [0.25, 0.3) is 5.91 Å². The molecule has 0 aromatic heterocycles. The molecule has 0 saturated carbocycles. The van der Waals surface area contributed by atoms with Crippen LogP contribution in [0.3, 0.4) is 0 Å². The Kier molecular flexibility index (Phi) is 3.78. The minimum absolute atomic E-state index is 0.121. The number of hydrogen-bond acceptors (Lipinski definition) is 3. The third-order valence-corrected chi connectivity index (χ3v) is 4.06. The Hall–Kier alpha value is -2.10. The Morgan fingerprint density at radius 2 is 1.81 bits per heavy atom. The van der Waals surface area contributed by atoms with E-state index < -0.39 is 0 Å². The fraction of sp³-hybridized carbons (Fsp3) is 0.412. The van der Waals surface area contributed by atoms with Gasteiger partial charge in [0.2, 0.25) is 5.91 Å². The van der Waals surface area contributed by atoms with Crippen LogP contribution in [0.2, 0.25) is 0 Å². The van der Waals surface area contributed by atoms with Crippen LogP contribution in [0.4, 0.5) is 5.69 Å². The fourth-order valence-corrected chi connectivity index (χ4v) is 3.05. The maximum atomic E-state index is 12.6. The maximum Gasteiger partial charge on any atom is 0.260 e. The predicted octanol–water partition coefficient (Wildman–Crippen LogP) is 3.22. The second-order valence-electron chi connectivity index (χ2n) is 5.43. The van der Waals surface area contributed by atoms with Crippen molar-refractivity contribution in [2.75, 3.05) is 11.5 Å². The molecule has 0 unspecified atom stereocenters. The highest BCUT2D eigenvalue weighted by Gasteiger charge is 2.34. The Labute approximate surface area is 124 Å². The zero-order valence-corrected chi connectivity index (χ0v) is 12.2. The van der Waals surface area contributed by atoms with Crippen molar-refractivity contribution in [3.8, 4) is 5.75 Å². The minimum atomic E-state index is -0.134. The summed E-state index contributed by atoms with van der Waals surface area (Å²) in [5.41, 5.74) is 2.54. The maximum absolute atomic E-state index is 12.6. The first-order valence-corrected chi connectivity index (χ1v) is 7.51. The summed E-state index contributed by atoms with van der Waals surface area (Å²) in [6, 6.07) is 7.14. The Bertz CT molecular complexity index is 601. The standard InChI is InChI=1S/C17H19NO3/c1-2-21-14-9-7-13(8-10-14)18-16(19)11-12-5-3-4-6-15(12)17(18)20/h7-10H,2-6,11H2,1H3. The number of rotatable bonds is 3. The largest absolute Gasteiger partial charge is 0.494 e. The van der Waals surface area contributed by atoms with Gasteiger partial charge in [-0.2, -0.15) is 0 Å². The summed E-state index contributed by atoms with van der Waals surface area (Å²) >= 11 is 0. The molecule has 0 bridgehead atoms. The number of anilines is 1. The summed E-state index contributed by atoms with van der Waals surface area (Å²) in [5, 5.41) is 0. The fourth-order valence-electron chi connectivity index (χ4n) is 3.05. The molecule has 0 saturated heterocycles. The minimum Gasteiger partial charge on any atom is -0.494 e. The Morgan fingerprint density at radius 3 is 2.52 bits per heavy atom. The van der Waals surface area contributed by atoms with E-state index in [2.05, 4.69) is 0 Å². The monoisotopic (exact) mass is 285 g/mol. The number of amides is 2. The van der Waals surface area contributed by atoms with Gasteiger partial charge in [0, 0.05) is 12.0 Å². The van der Waals surface area contributed by atoms with Crippen LogP contribution >= 0.6 is 0 Å². The second kappa shape index (κ2) is 5.72. The SMILES string of the molecule is CCOc1ccc(N2C(=O)CC3=C(CCCC3)C2=O)cc1. The summed E-state index contributed by atoms with van der Waals surface area (Å²) < 4.78 is 5.39. The lowest BCUT2D eigenvalue weighted by Crippen LogP contribution is -2.42. The van der Waals surface area contributed by atoms with Crippen LogP contribution in [0.15, 0.2) is 35.4 Å². The molecule has 1 aliphatic heterocycles. The number of ether oxygens (including phenoxy) is 1. The van der Waals surface area contributed by atoms with Crippen LogP contribution in [-0.2, 0) is 9.59 Å². The average Bonchev–Trinajstić information content (AvgIpc) is 2.49. The highest BCUT2D eigenvalue weighted by molar-refractivity contribution is 6.23. The number of benzene rings is 1. The normalized spacial score (nSPS) is 18.8. The first kappa shape index (κ1) is 13.9. The molecule has 0 atom stereocenters. The number of carbonyl (C=O) groups is 2. The molecule has 2 amide bonds. The van der Waals surface area contributed by atoms with Crippen molar-refractivity contribution in [1.82, 2.24) is 0 Å². The van der Waals surface area contributed by atoms with Gasteiger partial charge < -0.3 is 4.74 Å². The Balaban J connectivity index is 1.89. The lowest BCUT2D eigenvalue weighted by molar-refractivity contribution is -0.125. The van der Waals surface area contributed by atoms with Gasteiger partial charge >= 0.3 is 0 Å². The van der Waals surface area contributed by atoms with Gasteiger partial charge in [0.1, 0.15) is 5.75 Å². The van der Waals surface area contributed by atoms with Gasteiger partial charge in [-0.3, -0.25) is 9.59 Å². The van der Waals surface area contributed by atoms with E-state index in [1.807, 2.05) is 6.92 Å². The molecule has 1 heterocycles. The van der Waals surface area contributed by atoms with Gasteiger partial charge in [-0.25, -0.2) is 4.90 Å². The molecule has 0 fully saturated rings. The van der Waals surface area contributed by atoms with E-state index in [1.165, 1.54) is 4.90 Å². The van der Waals surface area contributed by atoms with Gasteiger partial charge in [-0.05, 0) is 56.9 Å². The van der Waals surface area contributed by atoms with E-state index in [1.54, 1.807) is 24.3 Å². The average molecular weight is 285 g/mol.